The summed E-state index contributed by atoms with van der Waals surface area (Å²) in [7, 11) is -0.917. The van der Waals surface area contributed by atoms with E-state index in [1.54, 1.807) is 20.4 Å². The van der Waals surface area contributed by atoms with Crippen molar-refractivity contribution in [1.82, 2.24) is 29.9 Å². The highest BCUT2D eigenvalue weighted by Gasteiger charge is 2.31. The van der Waals surface area contributed by atoms with E-state index >= 15 is 0 Å². The van der Waals surface area contributed by atoms with Crippen molar-refractivity contribution in [2.45, 2.75) is 56.1 Å². The zero-order chi connectivity index (χ0) is 35.4. The summed E-state index contributed by atoms with van der Waals surface area (Å²) in [4.78, 5) is 6.22. The molecule has 3 N–H and O–H groups in total. The van der Waals surface area contributed by atoms with Crippen LogP contribution in [0.25, 0.3) is 33.4 Å². The maximum atomic E-state index is 14.8. The number of sulfonamides is 1. The van der Waals surface area contributed by atoms with Crippen molar-refractivity contribution in [3.8, 4) is 34.0 Å². The Morgan fingerprint density at radius 1 is 0.824 bits per heavy atom. The van der Waals surface area contributed by atoms with Crippen LogP contribution in [0.5, 0.6) is 11.5 Å². The molecule has 2 heterocycles. The summed E-state index contributed by atoms with van der Waals surface area (Å²) in [6.45, 7) is 0.424. The van der Waals surface area contributed by atoms with Gasteiger partial charge in [-0.15, -0.1) is 10.2 Å². The third-order valence-corrected chi connectivity index (χ3v) is 11.2. The molecule has 4 aromatic carbocycles. The van der Waals surface area contributed by atoms with Crippen molar-refractivity contribution in [3.63, 3.8) is 0 Å². The van der Waals surface area contributed by atoms with E-state index in [1.165, 1.54) is 4.80 Å². The molecule has 1 saturated carbocycles. The number of fused-ring (bicyclic) bond motifs is 1. The quantitative estimate of drug-likeness (QED) is 0.153. The van der Waals surface area contributed by atoms with E-state index in [0.29, 0.717) is 41.3 Å². The number of rotatable bonds is 12. The molecule has 6 aromatic rings. The van der Waals surface area contributed by atoms with E-state index in [0.717, 1.165) is 59.0 Å². The summed E-state index contributed by atoms with van der Waals surface area (Å²) < 4.78 is 43.1. The number of hydrogen-bond donors (Lipinski definition) is 2. The Balaban J connectivity index is 1.38. The maximum Gasteiger partial charge on any atom is 0.241 e. The van der Waals surface area contributed by atoms with Crippen LogP contribution in [0.2, 0.25) is 0 Å². The van der Waals surface area contributed by atoms with Gasteiger partial charge in [0, 0.05) is 24.2 Å². The van der Waals surface area contributed by atoms with E-state index in [1.807, 2.05) is 91.0 Å². The Hall–Kier alpha value is -5.17. The number of hydrogen-bond acceptors (Lipinski definition) is 9. The van der Waals surface area contributed by atoms with Gasteiger partial charge in [0.25, 0.3) is 0 Å². The van der Waals surface area contributed by atoms with Crippen molar-refractivity contribution in [2.24, 2.45) is 11.7 Å². The van der Waals surface area contributed by atoms with Gasteiger partial charge in [-0.3, -0.25) is 4.98 Å². The lowest BCUT2D eigenvalue weighted by Crippen LogP contribution is -2.28. The number of nitrogens with two attached hydrogens (primary N) is 1. The van der Waals surface area contributed by atoms with Gasteiger partial charge in [0.2, 0.25) is 15.8 Å². The van der Waals surface area contributed by atoms with Gasteiger partial charge in [0.1, 0.15) is 11.5 Å². The van der Waals surface area contributed by atoms with Crippen LogP contribution in [0.3, 0.4) is 0 Å². The molecule has 12 heteroatoms. The lowest BCUT2D eigenvalue weighted by Gasteiger charge is -2.27. The minimum absolute atomic E-state index is 0.0868. The average molecular weight is 704 g/mol. The monoisotopic (exact) mass is 703 g/mol. The molecule has 1 aliphatic rings. The molecule has 0 unspecified atom stereocenters. The van der Waals surface area contributed by atoms with Gasteiger partial charge in [-0.05, 0) is 107 Å². The number of nitrogens with zero attached hydrogens (tertiary/aromatic N) is 5. The smallest absolute Gasteiger partial charge is 0.241 e. The molecule has 11 nitrogen and oxygen atoms in total. The molecule has 1 aliphatic carbocycles. The van der Waals surface area contributed by atoms with Gasteiger partial charge in [-0.2, -0.15) is 4.80 Å². The molecule has 0 spiro atoms. The van der Waals surface area contributed by atoms with Crippen molar-refractivity contribution in [3.05, 3.63) is 114 Å². The van der Waals surface area contributed by atoms with Gasteiger partial charge in [-0.1, -0.05) is 54.6 Å². The van der Waals surface area contributed by atoms with Crippen LogP contribution in [0.15, 0.2) is 102 Å². The van der Waals surface area contributed by atoms with Crippen LogP contribution >= 0.6 is 0 Å². The molecule has 7 rings (SSSR count). The highest BCUT2D eigenvalue weighted by atomic mass is 32.2. The van der Waals surface area contributed by atoms with Crippen molar-refractivity contribution in [1.29, 1.82) is 0 Å². The van der Waals surface area contributed by atoms with Crippen molar-refractivity contribution in [2.75, 3.05) is 14.2 Å². The molecule has 0 aliphatic heterocycles. The van der Waals surface area contributed by atoms with E-state index in [9.17, 15) is 8.42 Å². The summed E-state index contributed by atoms with van der Waals surface area (Å²) >= 11 is 0. The number of ether oxygens (including phenoxy) is 2. The number of nitrogens with one attached hydrogen (secondary N) is 1. The lowest BCUT2D eigenvalue weighted by molar-refractivity contribution is 0.323. The first-order chi connectivity index (χ1) is 24.8. The van der Waals surface area contributed by atoms with Gasteiger partial charge in [0.15, 0.2) is 0 Å². The van der Waals surface area contributed by atoms with Gasteiger partial charge < -0.3 is 15.2 Å². The standard InChI is InChI=1S/C39H41N7O4S/c1-49-31-16-9-27(10-17-31)24-42-51(47,48)38-29(23-26-7-14-30(40)15-8-26)13-20-35(33-21-22-41-36-6-4-3-5-34(33)36)37(38)39-43-45-46(44-39)25-28-11-18-32(50-2)19-12-28/h3-6,9-13,16-22,26,30,42H,7-8,14-15,23-25,40H2,1-2H3/t26-,30-. The van der Waals surface area contributed by atoms with Gasteiger partial charge in [0.05, 0.1) is 36.7 Å². The van der Waals surface area contributed by atoms with Crippen molar-refractivity contribution >= 4 is 20.9 Å². The Morgan fingerprint density at radius 3 is 2.22 bits per heavy atom. The zero-order valence-electron chi connectivity index (χ0n) is 28.7. The fraction of sp³-hybridized carbons (Fsp3) is 0.282. The summed E-state index contributed by atoms with van der Waals surface area (Å²) in [5.74, 6) is 1.95. The molecule has 0 amide bonds. The van der Waals surface area contributed by atoms with Crippen LogP contribution in [0.4, 0.5) is 0 Å². The fourth-order valence-corrected chi connectivity index (χ4v) is 8.34. The van der Waals surface area contributed by atoms with E-state index in [-0.39, 0.29) is 23.3 Å². The summed E-state index contributed by atoms with van der Waals surface area (Å²) in [5.41, 5.74) is 11.4. The third kappa shape index (κ3) is 7.63. The Labute approximate surface area is 297 Å². The molecule has 262 valence electrons. The summed E-state index contributed by atoms with van der Waals surface area (Å²) in [6.07, 6.45) is 6.01. The second-order valence-corrected chi connectivity index (χ2v) is 14.7. The largest absolute Gasteiger partial charge is 0.497 e. The first kappa shape index (κ1) is 34.3. The lowest BCUT2D eigenvalue weighted by atomic mass is 9.82. The van der Waals surface area contributed by atoms with Crippen LogP contribution < -0.4 is 19.9 Å². The molecule has 1 fully saturated rings. The van der Waals surface area contributed by atoms with Crippen molar-refractivity contribution < 1.29 is 17.9 Å². The average Bonchev–Trinajstić information content (AvgIpc) is 3.63. The van der Waals surface area contributed by atoms with E-state index in [2.05, 4.69) is 20.0 Å². The summed E-state index contributed by atoms with van der Waals surface area (Å²) in [6, 6.07) is 28.8. The maximum absolute atomic E-state index is 14.8. The second-order valence-electron chi connectivity index (χ2n) is 13.0. The highest BCUT2D eigenvalue weighted by Crippen LogP contribution is 2.41. The third-order valence-electron chi connectivity index (χ3n) is 9.63. The highest BCUT2D eigenvalue weighted by molar-refractivity contribution is 7.89. The number of aromatic nitrogens is 5. The van der Waals surface area contributed by atoms with Gasteiger partial charge in [-0.25, -0.2) is 13.1 Å². The van der Waals surface area contributed by atoms with E-state index in [4.69, 9.17) is 20.3 Å². The molecule has 0 saturated heterocycles. The SMILES string of the molecule is COc1ccc(CNS(=O)(=O)c2c(C[C@H]3CC[C@H](N)CC3)ccc(-c3ccnc4ccccc34)c2-c2nnn(Cc3ccc(OC)cc3)n2)cc1. The Bertz CT molecular complexity index is 2230. The second kappa shape index (κ2) is 15.0. The number of methoxy groups -OCH3 is 2. The Kier molecular flexibility index (Phi) is 10.1. The molecule has 0 radical (unpaired) electrons. The van der Waals surface area contributed by atoms with Gasteiger partial charge >= 0.3 is 0 Å². The number of tetrazole rings is 1. The molecule has 2 aromatic heterocycles. The zero-order valence-corrected chi connectivity index (χ0v) is 29.5. The predicted octanol–water partition coefficient (Wildman–Crippen LogP) is 6.16. The summed E-state index contributed by atoms with van der Waals surface area (Å²) in [5, 5.41) is 14.6. The molecular formula is C39H41N7O4S. The number of pyridine rings is 1. The minimum Gasteiger partial charge on any atom is -0.497 e. The first-order valence-electron chi connectivity index (χ1n) is 17.1. The minimum atomic E-state index is -4.14. The van der Waals surface area contributed by atoms with Crippen LogP contribution in [0, 0.1) is 5.92 Å². The van der Waals surface area contributed by atoms with Crippen LogP contribution in [-0.4, -0.2) is 53.9 Å². The molecule has 0 atom stereocenters. The molecule has 51 heavy (non-hydrogen) atoms. The molecule has 0 bridgehead atoms. The fourth-order valence-electron chi connectivity index (χ4n) is 6.87. The van der Waals surface area contributed by atoms with Crippen LogP contribution in [0.1, 0.15) is 42.4 Å². The number of para-hydroxylation sites is 1. The van der Waals surface area contributed by atoms with E-state index < -0.39 is 10.0 Å². The predicted molar refractivity (Wildman–Crippen MR) is 197 cm³/mol. The number of benzene rings is 4. The first-order valence-corrected chi connectivity index (χ1v) is 18.6. The normalized spacial score (nSPS) is 16.3. The Morgan fingerprint density at radius 2 is 1.51 bits per heavy atom. The topological polar surface area (TPSA) is 147 Å². The molecular weight excluding hydrogens is 663 g/mol. The van der Waals surface area contributed by atoms with Crippen LogP contribution in [-0.2, 0) is 29.5 Å².